The highest BCUT2D eigenvalue weighted by atomic mass is 35.5. The van der Waals surface area contributed by atoms with Gasteiger partial charge in [-0.3, -0.25) is 0 Å². The molecule has 3 N–H and O–H groups in total. The smallest absolute Gasteiger partial charge is 0.316 e. The van der Waals surface area contributed by atoms with E-state index >= 15 is 0 Å². The Morgan fingerprint density at radius 3 is 2.83 bits per heavy atom. The maximum Gasteiger partial charge on any atom is 0.316 e. The van der Waals surface area contributed by atoms with Crippen molar-refractivity contribution in [1.29, 1.82) is 0 Å². The number of halogens is 1. The molecule has 0 spiro atoms. The van der Waals surface area contributed by atoms with Gasteiger partial charge in [0, 0.05) is 10.7 Å². The minimum absolute atomic E-state index is 0.583. The summed E-state index contributed by atoms with van der Waals surface area (Å²) in [5.41, 5.74) is 6.42. The first kappa shape index (κ1) is 8.87. The molecule has 0 aliphatic carbocycles. The lowest BCUT2D eigenvalue weighted by Crippen LogP contribution is -2.19. The second kappa shape index (κ2) is 3.45. The van der Waals surface area contributed by atoms with Crippen LogP contribution in [0.1, 0.15) is 5.56 Å². The van der Waals surface area contributed by atoms with Crippen molar-refractivity contribution < 1.29 is 4.79 Å². The first-order chi connectivity index (χ1) is 5.61. The third-order valence-electron chi connectivity index (χ3n) is 1.53. The molecular weight excluding hydrogens is 176 g/mol. The van der Waals surface area contributed by atoms with Crippen LogP contribution in [0.2, 0.25) is 5.02 Å². The van der Waals surface area contributed by atoms with Gasteiger partial charge in [0.2, 0.25) is 0 Å². The van der Waals surface area contributed by atoms with Crippen molar-refractivity contribution in [2.24, 2.45) is 5.73 Å². The van der Waals surface area contributed by atoms with Gasteiger partial charge in [0.05, 0.1) is 0 Å². The average Bonchev–Trinajstić information content (AvgIpc) is 1.98. The summed E-state index contributed by atoms with van der Waals surface area (Å²) < 4.78 is 0. The normalized spacial score (nSPS) is 9.50. The third kappa shape index (κ3) is 1.89. The summed E-state index contributed by atoms with van der Waals surface area (Å²) in [5.74, 6) is 0. The lowest BCUT2D eigenvalue weighted by molar-refractivity contribution is 0.259. The second-order valence-electron chi connectivity index (χ2n) is 2.40. The van der Waals surface area contributed by atoms with Crippen LogP contribution in [0, 0.1) is 6.92 Å². The molecule has 0 radical (unpaired) electrons. The Labute approximate surface area is 75.5 Å². The summed E-state index contributed by atoms with van der Waals surface area (Å²) in [6, 6.07) is 4.66. The SMILES string of the molecule is Cc1c(Cl)cccc1NC(N)=O. The summed E-state index contributed by atoms with van der Waals surface area (Å²) >= 11 is 5.81. The van der Waals surface area contributed by atoms with E-state index in [1.807, 2.05) is 6.92 Å². The molecule has 1 rings (SSSR count). The van der Waals surface area contributed by atoms with Crippen LogP contribution in [-0.4, -0.2) is 6.03 Å². The number of amides is 2. The number of nitrogens with one attached hydrogen (secondary N) is 1. The van der Waals surface area contributed by atoms with Crippen LogP contribution in [0.5, 0.6) is 0 Å². The fourth-order valence-corrected chi connectivity index (χ4v) is 1.05. The van der Waals surface area contributed by atoms with Crippen molar-refractivity contribution in [2.45, 2.75) is 6.92 Å². The van der Waals surface area contributed by atoms with Crippen molar-refractivity contribution in [3.05, 3.63) is 28.8 Å². The number of carbonyl (C=O) groups excluding carboxylic acids is 1. The van der Waals surface area contributed by atoms with Crippen LogP contribution in [0.4, 0.5) is 10.5 Å². The molecule has 0 bridgehead atoms. The van der Waals surface area contributed by atoms with Crippen molar-refractivity contribution in [1.82, 2.24) is 0 Å². The third-order valence-corrected chi connectivity index (χ3v) is 1.94. The fourth-order valence-electron chi connectivity index (χ4n) is 0.876. The molecule has 0 atom stereocenters. The first-order valence-corrected chi connectivity index (χ1v) is 3.80. The standard InChI is InChI=1S/C8H9ClN2O/c1-5-6(9)3-2-4-7(5)11-8(10)12/h2-4H,1H3,(H3,10,11,12). The van der Waals surface area contributed by atoms with Crippen LogP contribution < -0.4 is 11.1 Å². The molecule has 1 aromatic carbocycles. The molecule has 4 heteroatoms. The number of carbonyl (C=O) groups is 1. The Balaban J connectivity index is 3.00. The van der Waals surface area contributed by atoms with E-state index < -0.39 is 6.03 Å². The number of nitrogens with two attached hydrogens (primary N) is 1. The van der Waals surface area contributed by atoms with E-state index in [4.69, 9.17) is 17.3 Å². The number of hydrogen-bond donors (Lipinski definition) is 2. The van der Waals surface area contributed by atoms with Crippen LogP contribution in [0.15, 0.2) is 18.2 Å². The van der Waals surface area contributed by atoms with Crippen molar-refractivity contribution in [3.63, 3.8) is 0 Å². The Hall–Kier alpha value is -1.22. The number of rotatable bonds is 1. The molecule has 0 aromatic heterocycles. The Kier molecular flexibility index (Phi) is 2.55. The maximum atomic E-state index is 10.5. The van der Waals surface area contributed by atoms with Crippen LogP contribution in [0.25, 0.3) is 0 Å². The molecule has 0 saturated heterocycles. The number of urea groups is 1. The van der Waals surface area contributed by atoms with Crippen molar-refractivity contribution in [2.75, 3.05) is 5.32 Å². The lowest BCUT2D eigenvalue weighted by atomic mass is 10.2. The Morgan fingerprint density at radius 2 is 2.25 bits per heavy atom. The predicted molar refractivity (Wildman–Crippen MR) is 49.4 cm³/mol. The average molecular weight is 185 g/mol. The molecule has 0 aliphatic heterocycles. The molecule has 3 nitrogen and oxygen atoms in total. The van der Waals surface area contributed by atoms with Gasteiger partial charge in [-0.2, -0.15) is 0 Å². The molecule has 0 fully saturated rings. The van der Waals surface area contributed by atoms with E-state index in [0.29, 0.717) is 10.7 Å². The quantitative estimate of drug-likeness (QED) is 0.690. The van der Waals surface area contributed by atoms with Gasteiger partial charge in [-0.25, -0.2) is 4.79 Å². The van der Waals surface area contributed by atoms with E-state index in [9.17, 15) is 4.79 Å². The fraction of sp³-hybridized carbons (Fsp3) is 0.125. The molecule has 0 aliphatic rings. The summed E-state index contributed by atoms with van der Waals surface area (Å²) in [7, 11) is 0. The molecular formula is C8H9ClN2O. The van der Waals surface area contributed by atoms with E-state index in [-0.39, 0.29) is 0 Å². The second-order valence-corrected chi connectivity index (χ2v) is 2.81. The number of primary amides is 1. The van der Waals surface area contributed by atoms with Gasteiger partial charge in [-0.1, -0.05) is 17.7 Å². The van der Waals surface area contributed by atoms with Crippen LogP contribution in [0.3, 0.4) is 0 Å². The summed E-state index contributed by atoms with van der Waals surface area (Å²) in [4.78, 5) is 10.5. The zero-order chi connectivity index (χ0) is 9.14. The summed E-state index contributed by atoms with van der Waals surface area (Å²) in [6.45, 7) is 1.81. The Morgan fingerprint density at radius 1 is 1.58 bits per heavy atom. The van der Waals surface area contributed by atoms with E-state index in [1.165, 1.54) is 0 Å². The predicted octanol–water partition coefficient (Wildman–Crippen LogP) is 2.14. The topological polar surface area (TPSA) is 55.1 Å². The molecule has 0 unspecified atom stereocenters. The van der Waals surface area contributed by atoms with Gasteiger partial charge in [0.1, 0.15) is 0 Å². The molecule has 0 saturated carbocycles. The molecule has 64 valence electrons. The first-order valence-electron chi connectivity index (χ1n) is 3.43. The van der Waals surface area contributed by atoms with E-state index in [0.717, 1.165) is 5.56 Å². The molecule has 2 amide bonds. The minimum atomic E-state index is -0.583. The van der Waals surface area contributed by atoms with Gasteiger partial charge >= 0.3 is 6.03 Å². The number of anilines is 1. The van der Waals surface area contributed by atoms with Gasteiger partial charge in [-0.15, -0.1) is 0 Å². The molecule has 12 heavy (non-hydrogen) atoms. The molecule has 1 aromatic rings. The largest absolute Gasteiger partial charge is 0.351 e. The van der Waals surface area contributed by atoms with Gasteiger partial charge in [-0.05, 0) is 24.6 Å². The van der Waals surface area contributed by atoms with E-state index in [2.05, 4.69) is 5.32 Å². The van der Waals surface area contributed by atoms with Crippen molar-refractivity contribution >= 4 is 23.3 Å². The summed E-state index contributed by atoms with van der Waals surface area (Å²) in [6.07, 6.45) is 0. The zero-order valence-electron chi connectivity index (χ0n) is 6.60. The van der Waals surface area contributed by atoms with Gasteiger partial charge in [0.25, 0.3) is 0 Å². The van der Waals surface area contributed by atoms with Crippen LogP contribution in [-0.2, 0) is 0 Å². The van der Waals surface area contributed by atoms with Gasteiger partial charge in [0.15, 0.2) is 0 Å². The zero-order valence-corrected chi connectivity index (χ0v) is 7.35. The van der Waals surface area contributed by atoms with E-state index in [1.54, 1.807) is 18.2 Å². The van der Waals surface area contributed by atoms with Gasteiger partial charge < -0.3 is 11.1 Å². The summed E-state index contributed by atoms with van der Waals surface area (Å²) in [5, 5.41) is 3.08. The highest BCUT2D eigenvalue weighted by Gasteiger charge is 2.02. The highest BCUT2D eigenvalue weighted by molar-refractivity contribution is 6.31. The monoisotopic (exact) mass is 184 g/mol. The van der Waals surface area contributed by atoms with Crippen molar-refractivity contribution in [3.8, 4) is 0 Å². The number of hydrogen-bond acceptors (Lipinski definition) is 1. The number of benzene rings is 1. The maximum absolute atomic E-state index is 10.5. The Bertz CT molecular complexity index is 312. The molecule has 0 heterocycles. The lowest BCUT2D eigenvalue weighted by Gasteiger charge is -2.06. The highest BCUT2D eigenvalue weighted by Crippen LogP contribution is 2.22. The minimum Gasteiger partial charge on any atom is -0.351 e. The van der Waals surface area contributed by atoms with Crippen LogP contribution >= 0.6 is 11.6 Å².